The number of rotatable bonds is 8. The molecule has 5 rings (SSSR count). The summed E-state index contributed by atoms with van der Waals surface area (Å²) < 4.78 is 48.2. The van der Waals surface area contributed by atoms with Gasteiger partial charge in [0, 0.05) is 44.8 Å². The van der Waals surface area contributed by atoms with Crippen LogP contribution in [-0.4, -0.2) is 81.0 Å². The summed E-state index contributed by atoms with van der Waals surface area (Å²) in [6, 6.07) is 10.9. The Kier molecular flexibility index (Phi) is 8.39. The molecule has 204 valence electrons. The number of morpholine rings is 1. The third-order valence-electron chi connectivity index (χ3n) is 7.28. The van der Waals surface area contributed by atoms with Crippen molar-refractivity contribution in [2.45, 2.75) is 31.1 Å². The van der Waals surface area contributed by atoms with E-state index in [9.17, 15) is 17.6 Å². The summed E-state index contributed by atoms with van der Waals surface area (Å²) in [5, 5.41) is 0.427. The van der Waals surface area contributed by atoms with Crippen LogP contribution in [0.15, 0.2) is 47.4 Å². The molecule has 8 nitrogen and oxygen atoms in total. The lowest BCUT2D eigenvalue weighted by Gasteiger charge is -2.29. The maximum atomic E-state index is 14.4. The first-order valence-electron chi connectivity index (χ1n) is 13.1. The minimum Gasteiger partial charge on any atom is -0.379 e. The van der Waals surface area contributed by atoms with Crippen LogP contribution in [0.25, 0.3) is 10.2 Å². The van der Waals surface area contributed by atoms with Crippen LogP contribution in [0.1, 0.15) is 36.5 Å². The Morgan fingerprint density at radius 2 is 1.82 bits per heavy atom. The van der Waals surface area contributed by atoms with Gasteiger partial charge in [-0.15, -0.1) is 0 Å². The number of piperidine rings is 1. The molecule has 38 heavy (non-hydrogen) atoms. The molecule has 0 atom stereocenters. The van der Waals surface area contributed by atoms with Gasteiger partial charge in [-0.2, -0.15) is 4.31 Å². The van der Waals surface area contributed by atoms with Crippen LogP contribution in [0.2, 0.25) is 0 Å². The van der Waals surface area contributed by atoms with Gasteiger partial charge in [-0.3, -0.25) is 14.6 Å². The van der Waals surface area contributed by atoms with Crippen molar-refractivity contribution in [2.75, 3.05) is 57.4 Å². The van der Waals surface area contributed by atoms with Crippen LogP contribution in [-0.2, 0) is 14.8 Å². The smallest absolute Gasteiger partial charge is 0.260 e. The number of hydrogen-bond acceptors (Lipinski definition) is 7. The summed E-state index contributed by atoms with van der Waals surface area (Å²) in [4.78, 5) is 22.2. The Morgan fingerprint density at radius 1 is 1.11 bits per heavy atom. The molecule has 0 unspecified atom stereocenters. The number of para-hydroxylation sites is 1. The van der Waals surface area contributed by atoms with Gasteiger partial charge in [0.2, 0.25) is 10.0 Å². The van der Waals surface area contributed by atoms with Crippen molar-refractivity contribution in [1.82, 2.24) is 14.2 Å². The summed E-state index contributed by atoms with van der Waals surface area (Å²) in [7, 11) is -3.61. The van der Waals surface area contributed by atoms with E-state index in [1.54, 1.807) is 29.2 Å². The summed E-state index contributed by atoms with van der Waals surface area (Å²) in [6.07, 6.45) is 2.40. The molecule has 11 heteroatoms. The van der Waals surface area contributed by atoms with Gasteiger partial charge >= 0.3 is 0 Å². The highest BCUT2D eigenvalue weighted by molar-refractivity contribution is 7.89. The van der Waals surface area contributed by atoms with Crippen molar-refractivity contribution < 1.29 is 22.3 Å². The number of carbonyl (C=O) groups excluding carboxylic acids is 1. The number of nitrogens with zero attached hydrogens (tertiary/aromatic N) is 4. The Morgan fingerprint density at radius 3 is 2.50 bits per heavy atom. The Bertz CT molecular complexity index is 1370. The summed E-state index contributed by atoms with van der Waals surface area (Å²) in [5.41, 5.74) is 0.609. The lowest BCUT2D eigenvalue weighted by atomic mass is 10.0. The second-order valence-corrected chi connectivity index (χ2v) is 12.9. The molecule has 0 spiro atoms. The van der Waals surface area contributed by atoms with Crippen molar-refractivity contribution in [1.29, 1.82) is 0 Å². The zero-order valence-electron chi connectivity index (χ0n) is 21.5. The summed E-state index contributed by atoms with van der Waals surface area (Å²) >= 11 is 1.27. The number of benzene rings is 2. The molecule has 1 aromatic heterocycles. The second kappa shape index (κ2) is 11.7. The fraction of sp³-hybridized carbons (Fsp3) is 0.481. The van der Waals surface area contributed by atoms with Gasteiger partial charge in [-0.25, -0.2) is 17.8 Å². The molecule has 0 aliphatic carbocycles. The molecule has 1 amide bonds. The van der Waals surface area contributed by atoms with E-state index in [1.807, 2.05) is 0 Å². The van der Waals surface area contributed by atoms with Crippen molar-refractivity contribution in [3.8, 4) is 0 Å². The number of hydrogen-bond donors (Lipinski definition) is 0. The number of carbonyl (C=O) groups is 1. The summed E-state index contributed by atoms with van der Waals surface area (Å²) in [6.45, 7) is 7.47. The predicted molar refractivity (Wildman–Crippen MR) is 147 cm³/mol. The molecular formula is C27H33FN4O4S2. The van der Waals surface area contributed by atoms with Crippen LogP contribution in [0.3, 0.4) is 0 Å². The van der Waals surface area contributed by atoms with Crippen LogP contribution in [0.4, 0.5) is 9.52 Å². The van der Waals surface area contributed by atoms with Gasteiger partial charge < -0.3 is 4.74 Å². The molecule has 0 bridgehead atoms. The van der Waals surface area contributed by atoms with Gasteiger partial charge in [0.1, 0.15) is 11.3 Å². The maximum Gasteiger partial charge on any atom is 0.260 e. The van der Waals surface area contributed by atoms with Crippen LogP contribution < -0.4 is 4.90 Å². The highest BCUT2D eigenvalue weighted by atomic mass is 32.2. The van der Waals surface area contributed by atoms with Crippen molar-refractivity contribution in [2.24, 2.45) is 5.92 Å². The van der Waals surface area contributed by atoms with Gasteiger partial charge in [-0.1, -0.05) is 24.3 Å². The van der Waals surface area contributed by atoms with E-state index in [0.717, 1.165) is 32.5 Å². The minimum atomic E-state index is -3.61. The molecule has 2 fully saturated rings. The Labute approximate surface area is 227 Å². The number of anilines is 1. The number of thiazole rings is 1. The standard InChI is InChI=1S/C27H33FN4O4S2/c1-20-10-14-31(15-11-20)38(34,35)22-8-6-21(7-9-22)26(33)32(13-3-12-30-16-18-36-19-17-30)27-29-25-23(28)4-2-5-24(25)37-27/h2,4-9,20H,3,10-19H2,1H3. The molecule has 2 saturated heterocycles. The largest absolute Gasteiger partial charge is 0.379 e. The summed E-state index contributed by atoms with van der Waals surface area (Å²) in [5.74, 6) is -0.193. The van der Waals surface area contributed by atoms with Crippen molar-refractivity contribution in [3.63, 3.8) is 0 Å². The number of sulfonamides is 1. The monoisotopic (exact) mass is 560 g/mol. The third-order valence-corrected chi connectivity index (χ3v) is 10.2. The normalized spacial score (nSPS) is 18.2. The molecule has 3 aromatic rings. The van der Waals surface area contributed by atoms with E-state index in [1.165, 1.54) is 33.8 Å². The minimum absolute atomic E-state index is 0.185. The first kappa shape index (κ1) is 27.1. The first-order chi connectivity index (χ1) is 18.3. The number of aromatic nitrogens is 1. The highest BCUT2D eigenvalue weighted by Crippen LogP contribution is 2.31. The van der Waals surface area contributed by atoms with Gasteiger partial charge in [0.25, 0.3) is 5.91 Å². The van der Waals surface area contributed by atoms with Crippen LogP contribution in [0.5, 0.6) is 0 Å². The van der Waals surface area contributed by atoms with E-state index in [0.29, 0.717) is 60.6 Å². The maximum absolute atomic E-state index is 14.4. The fourth-order valence-electron chi connectivity index (χ4n) is 4.88. The predicted octanol–water partition coefficient (Wildman–Crippen LogP) is 4.23. The number of halogens is 1. The Balaban J connectivity index is 1.36. The van der Waals surface area contributed by atoms with Gasteiger partial charge in [0.05, 0.1) is 22.8 Å². The number of ether oxygens (including phenoxy) is 1. The molecule has 2 aliphatic heterocycles. The SMILES string of the molecule is CC1CCN(S(=O)(=O)c2ccc(C(=O)N(CCCN3CCOCC3)c3nc4c(F)cccc4s3)cc2)CC1. The average molecular weight is 561 g/mol. The molecular weight excluding hydrogens is 527 g/mol. The second-order valence-electron chi connectivity index (χ2n) is 9.96. The highest BCUT2D eigenvalue weighted by Gasteiger charge is 2.29. The number of fused-ring (bicyclic) bond motifs is 1. The lowest BCUT2D eigenvalue weighted by Crippen LogP contribution is -2.39. The van der Waals surface area contributed by atoms with Crippen molar-refractivity contribution >= 4 is 42.6 Å². The molecule has 0 N–H and O–H groups in total. The topological polar surface area (TPSA) is 83.1 Å². The fourth-order valence-corrected chi connectivity index (χ4v) is 7.35. The van der Waals surface area contributed by atoms with Gasteiger partial charge in [0.15, 0.2) is 5.13 Å². The zero-order chi connectivity index (χ0) is 26.7. The molecule has 2 aromatic carbocycles. The van der Waals surface area contributed by atoms with E-state index < -0.39 is 15.8 Å². The van der Waals surface area contributed by atoms with Crippen LogP contribution in [0, 0.1) is 11.7 Å². The molecule has 2 aliphatic rings. The third kappa shape index (κ3) is 5.91. The number of amides is 1. The van der Waals surface area contributed by atoms with E-state index in [4.69, 9.17) is 4.74 Å². The molecule has 0 saturated carbocycles. The first-order valence-corrected chi connectivity index (χ1v) is 15.4. The quantitative estimate of drug-likeness (QED) is 0.410. The zero-order valence-corrected chi connectivity index (χ0v) is 23.1. The molecule has 0 radical (unpaired) electrons. The average Bonchev–Trinajstić information content (AvgIpc) is 3.37. The lowest BCUT2D eigenvalue weighted by molar-refractivity contribution is 0.0376. The van der Waals surface area contributed by atoms with Gasteiger partial charge in [-0.05, 0) is 61.6 Å². The van der Waals surface area contributed by atoms with Crippen LogP contribution >= 0.6 is 11.3 Å². The van der Waals surface area contributed by atoms with E-state index in [2.05, 4.69) is 16.8 Å². The van der Waals surface area contributed by atoms with E-state index >= 15 is 0 Å². The van der Waals surface area contributed by atoms with E-state index in [-0.39, 0.29) is 16.3 Å². The van der Waals surface area contributed by atoms with Crippen molar-refractivity contribution in [3.05, 3.63) is 53.8 Å². The Hall–Kier alpha value is -2.44. The molecule has 3 heterocycles.